The molecule has 8 heteroatoms. The number of ether oxygens (including phenoxy) is 4. The second-order valence-corrected chi connectivity index (χ2v) is 10.2. The maximum Gasteiger partial charge on any atom is 0.303 e. The van der Waals surface area contributed by atoms with Gasteiger partial charge in [0.05, 0.1) is 31.0 Å². The first-order valence-corrected chi connectivity index (χ1v) is 12.7. The fourth-order valence-electron chi connectivity index (χ4n) is 4.98. The number of aliphatic hydroxyl groups excluding tert-OH is 1. The van der Waals surface area contributed by atoms with Gasteiger partial charge in [0.2, 0.25) is 5.91 Å². The SMILES string of the molecule is CC(=O)OC(C)C=CC(=O)NC1CC(C)C(CC=C(C)C=CC2OCCC3(OC3C)C2O)OC1C. The van der Waals surface area contributed by atoms with E-state index in [4.69, 9.17) is 18.9 Å². The maximum absolute atomic E-state index is 12.3. The number of hydrogen-bond acceptors (Lipinski definition) is 7. The number of carbonyl (C=O) groups excluding carboxylic acids is 2. The summed E-state index contributed by atoms with van der Waals surface area (Å²) >= 11 is 0. The minimum atomic E-state index is -0.648. The second kappa shape index (κ2) is 11.8. The van der Waals surface area contributed by atoms with Gasteiger partial charge in [-0.25, -0.2) is 0 Å². The Morgan fingerprint density at radius 1 is 1.23 bits per heavy atom. The molecule has 1 spiro atoms. The first-order chi connectivity index (χ1) is 16.5. The van der Waals surface area contributed by atoms with Crippen molar-refractivity contribution in [1.82, 2.24) is 5.32 Å². The van der Waals surface area contributed by atoms with Gasteiger partial charge in [0.1, 0.15) is 23.9 Å². The summed E-state index contributed by atoms with van der Waals surface area (Å²) in [7, 11) is 0. The molecule has 9 atom stereocenters. The van der Waals surface area contributed by atoms with Crippen LogP contribution in [0.4, 0.5) is 0 Å². The third-order valence-corrected chi connectivity index (χ3v) is 7.28. The van der Waals surface area contributed by atoms with E-state index in [1.165, 1.54) is 13.0 Å². The molecular formula is C27H41NO7. The van der Waals surface area contributed by atoms with E-state index in [1.807, 2.05) is 32.9 Å². The number of carbonyl (C=O) groups is 2. The van der Waals surface area contributed by atoms with E-state index in [0.29, 0.717) is 6.61 Å². The van der Waals surface area contributed by atoms with Crippen molar-refractivity contribution in [2.45, 2.75) is 109 Å². The van der Waals surface area contributed by atoms with Gasteiger partial charge in [0.15, 0.2) is 0 Å². The Bertz CT molecular complexity index is 852. The molecule has 3 aliphatic rings. The van der Waals surface area contributed by atoms with Crippen LogP contribution in [0.15, 0.2) is 36.0 Å². The van der Waals surface area contributed by atoms with Crippen LogP contribution >= 0.6 is 0 Å². The number of hydrogen-bond donors (Lipinski definition) is 2. The number of nitrogens with one attached hydrogen (secondary N) is 1. The van der Waals surface area contributed by atoms with Crippen molar-refractivity contribution >= 4 is 11.9 Å². The zero-order valence-electron chi connectivity index (χ0n) is 21.7. The molecule has 0 bridgehead atoms. The first-order valence-electron chi connectivity index (χ1n) is 12.7. The molecule has 35 heavy (non-hydrogen) atoms. The normalized spacial score (nSPS) is 38.6. The molecule has 3 rings (SSSR count). The summed E-state index contributed by atoms with van der Waals surface area (Å²) in [5.41, 5.74) is 0.644. The van der Waals surface area contributed by atoms with Crippen molar-refractivity contribution < 1.29 is 33.6 Å². The number of aliphatic hydroxyl groups is 1. The van der Waals surface area contributed by atoms with Crippen LogP contribution in [0.1, 0.15) is 60.8 Å². The van der Waals surface area contributed by atoms with Crippen LogP contribution in [0.3, 0.4) is 0 Å². The van der Waals surface area contributed by atoms with Crippen LogP contribution in [0.25, 0.3) is 0 Å². The average Bonchev–Trinajstić information content (AvgIpc) is 3.43. The number of epoxide rings is 1. The van der Waals surface area contributed by atoms with Crippen molar-refractivity contribution in [3.8, 4) is 0 Å². The van der Waals surface area contributed by atoms with Crippen molar-refractivity contribution in [2.24, 2.45) is 5.92 Å². The van der Waals surface area contributed by atoms with Crippen LogP contribution in [0, 0.1) is 5.92 Å². The monoisotopic (exact) mass is 491 g/mol. The standard InChI is InChI=1S/C27H41NO7/c1-16(8-11-24-26(31)27(13-14-32-24)20(5)35-27)7-10-23-17(2)15-22(19(4)34-23)28-25(30)12-9-18(3)33-21(6)29/h7-9,11-12,17-20,22-24,26,31H,10,13-15H2,1-6H3,(H,28,30). The van der Waals surface area contributed by atoms with Crippen LogP contribution in [0.2, 0.25) is 0 Å². The Morgan fingerprint density at radius 2 is 1.94 bits per heavy atom. The molecule has 0 aromatic rings. The molecule has 0 saturated carbocycles. The van der Waals surface area contributed by atoms with Gasteiger partial charge in [-0.15, -0.1) is 0 Å². The van der Waals surface area contributed by atoms with Gasteiger partial charge in [0, 0.05) is 19.4 Å². The third kappa shape index (κ3) is 7.26. The van der Waals surface area contributed by atoms with Gasteiger partial charge in [-0.2, -0.15) is 0 Å². The van der Waals surface area contributed by atoms with Gasteiger partial charge in [-0.05, 0) is 52.5 Å². The quantitative estimate of drug-likeness (QED) is 0.233. The largest absolute Gasteiger partial charge is 0.459 e. The van der Waals surface area contributed by atoms with Gasteiger partial charge < -0.3 is 29.4 Å². The summed E-state index contributed by atoms with van der Waals surface area (Å²) in [5.74, 6) is -0.339. The molecule has 3 fully saturated rings. The highest BCUT2D eigenvalue weighted by atomic mass is 16.6. The molecule has 0 aromatic heterocycles. The van der Waals surface area contributed by atoms with Gasteiger partial charge in [-0.3, -0.25) is 9.59 Å². The molecule has 3 aliphatic heterocycles. The predicted octanol–water partition coefficient (Wildman–Crippen LogP) is 2.99. The van der Waals surface area contributed by atoms with E-state index in [0.717, 1.165) is 24.8 Å². The smallest absolute Gasteiger partial charge is 0.303 e. The van der Waals surface area contributed by atoms with Crippen LogP contribution < -0.4 is 5.32 Å². The zero-order valence-corrected chi connectivity index (χ0v) is 21.7. The van der Waals surface area contributed by atoms with E-state index >= 15 is 0 Å². The lowest BCUT2D eigenvalue weighted by Gasteiger charge is -2.39. The minimum Gasteiger partial charge on any atom is -0.459 e. The van der Waals surface area contributed by atoms with Gasteiger partial charge in [-0.1, -0.05) is 30.7 Å². The van der Waals surface area contributed by atoms with E-state index in [-0.39, 0.29) is 48.3 Å². The Morgan fingerprint density at radius 3 is 2.60 bits per heavy atom. The molecular weight excluding hydrogens is 450 g/mol. The molecule has 0 radical (unpaired) electrons. The minimum absolute atomic E-state index is 0.0570. The van der Waals surface area contributed by atoms with E-state index in [2.05, 4.69) is 18.3 Å². The average molecular weight is 492 g/mol. The highest BCUT2D eigenvalue weighted by Gasteiger charge is 2.61. The lowest BCUT2D eigenvalue weighted by Crippen LogP contribution is -2.50. The fraction of sp³-hybridized carbons (Fsp3) is 0.704. The van der Waals surface area contributed by atoms with E-state index in [1.54, 1.807) is 13.0 Å². The van der Waals surface area contributed by atoms with Crippen LogP contribution in [0.5, 0.6) is 0 Å². The predicted molar refractivity (Wildman–Crippen MR) is 132 cm³/mol. The Labute approximate surface area is 208 Å². The maximum atomic E-state index is 12.3. The summed E-state index contributed by atoms with van der Waals surface area (Å²) in [6.07, 6.45) is 9.88. The summed E-state index contributed by atoms with van der Waals surface area (Å²) in [5, 5.41) is 13.6. The van der Waals surface area contributed by atoms with E-state index < -0.39 is 17.8 Å². The van der Waals surface area contributed by atoms with Gasteiger partial charge >= 0.3 is 5.97 Å². The Balaban J connectivity index is 1.46. The van der Waals surface area contributed by atoms with Gasteiger partial charge in [0.25, 0.3) is 0 Å². The number of rotatable bonds is 8. The fourth-order valence-corrected chi connectivity index (χ4v) is 4.98. The van der Waals surface area contributed by atoms with Crippen LogP contribution in [-0.4, -0.2) is 71.9 Å². The Hall–Kier alpha value is -2.00. The third-order valence-electron chi connectivity index (χ3n) is 7.28. The van der Waals surface area contributed by atoms with Crippen molar-refractivity contribution in [3.63, 3.8) is 0 Å². The molecule has 0 aromatic carbocycles. The van der Waals surface area contributed by atoms with Crippen molar-refractivity contribution in [2.75, 3.05) is 6.61 Å². The van der Waals surface area contributed by atoms with E-state index in [9.17, 15) is 14.7 Å². The number of allylic oxidation sites excluding steroid dienone is 2. The topological polar surface area (TPSA) is 107 Å². The summed E-state index contributed by atoms with van der Waals surface area (Å²) in [4.78, 5) is 23.3. The second-order valence-electron chi connectivity index (χ2n) is 10.2. The Kier molecular flexibility index (Phi) is 9.32. The zero-order chi connectivity index (χ0) is 25.8. The van der Waals surface area contributed by atoms with Crippen molar-refractivity contribution in [1.29, 1.82) is 0 Å². The summed E-state index contributed by atoms with van der Waals surface area (Å²) in [6, 6.07) is -0.0864. The number of amides is 1. The highest BCUT2D eigenvalue weighted by molar-refractivity contribution is 5.87. The number of esters is 1. The molecule has 2 N–H and O–H groups in total. The summed E-state index contributed by atoms with van der Waals surface area (Å²) in [6.45, 7) is 11.8. The first kappa shape index (κ1) is 27.6. The lowest BCUT2D eigenvalue weighted by atomic mass is 9.87. The summed E-state index contributed by atoms with van der Waals surface area (Å²) < 4.78 is 22.7. The molecule has 196 valence electrons. The molecule has 9 unspecified atom stereocenters. The molecule has 3 heterocycles. The molecule has 0 aliphatic carbocycles. The lowest BCUT2D eigenvalue weighted by molar-refractivity contribution is -0.143. The molecule has 3 saturated heterocycles. The molecule has 1 amide bonds. The van der Waals surface area contributed by atoms with Crippen LogP contribution in [-0.2, 0) is 28.5 Å². The van der Waals surface area contributed by atoms with Crippen molar-refractivity contribution in [3.05, 3.63) is 36.0 Å². The molecule has 8 nitrogen and oxygen atoms in total. The highest BCUT2D eigenvalue weighted by Crippen LogP contribution is 2.46.